The first-order valence-corrected chi connectivity index (χ1v) is 9.17. The Balaban J connectivity index is 2.08. The average molecular weight is 309 g/mol. The molecule has 0 spiro atoms. The van der Waals surface area contributed by atoms with E-state index in [0.29, 0.717) is 49.8 Å². The summed E-state index contributed by atoms with van der Waals surface area (Å²) in [5, 5.41) is 0. The van der Waals surface area contributed by atoms with Gasteiger partial charge in [0.1, 0.15) is 0 Å². The molecule has 0 amide bonds. The minimum Gasteiger partial charge on any atom is -0.195 e. The Kier molecular flexibility index (Phi) is 5.15. The van der Waals surface area contributed by atoms with E-state index in [1.165, 1.54) is 0 Å². The van der Waals surface area contributed by atoms with Crippen LogP contribution in [0.15, 0.2) is 0 Å². The predicted octanol–water partition coefficient (Wildman–Crippen LogP) is 2.16. The third-order valence-corrected chi connectivity index (χ3v) is 6.56. The molecule has 0 aromatic carbocycles. The summed E-state index contributed by atoms with van der Waals surface area (Å²) in [4.78, 5) is 0. The zero-order valence-electron chi connectivity index (χ0n) is 11.9. The summed E-state index contributed by atoms with van der Waals surface area (Å²) in [6.45, 7) is 6.83. The summed E-state index contributed by atoms with van der Waals surface area (Å²) >= 11 is 5.89. The van der Waals surface area contributed by atoms with Crippen molar-refractivity contribution in [2.24, 2.45) is 17.8 Å². The van der Waals surface area contributed by atoms with Crippen LogP contribution in [0, 0.1) is 17.8 Å². The Morgan fingerprint density at radius 3 is 2.32 bits per heavy atom. The highest BCUT2D eigenvalue weighted by Gasteiger charge is 2.36. The van der Waals surface area contributed by atoms with Gasteiger partial charge in [0.05, 0.1) is 0 Å². The number of piperidine rings is 2. The van der Waals surface area contributed by atoms with Crippen LogP contribution >= 0.6 is 11.6 Å². The predicted molar refractivity (Wildman–Crippen MR) is 78.5 cm³/mol. The molecule has 0 bridgehead atoms. The van der Waals surface area contributed by atoms with Crippen LogP contribution in [0.25, 0.3) is 0 Å². The highest BCUT2D eigenvalue weighted by Crippen LogP contribution is 2.27. The second kappa shape index (κ2) is 6.29. The molecule has 0 aromatic heterocycles. The van der Waals surface area contributed by atoms with E-state index in [-0.39, 0.29) is 0 Å². The normalized spacial score (nSPS) is 35.4. The fourth-order valence-electron chi connectivity index (χ4n) is 3.32. The molecule has 2 aliphatic heterocycles. The van der Waals surface area contributed by atoms with E-state index in [1.54, 1.807) is 8.61 Å². The van der Waals surface area contributed by atoms with Crippen LogP contribution in [0.1, 0.15) is 33.1 Å². The molecule has 4 nitrogen and oxygen atoms in total. The van der Waals surface area contributed by atoms with E-state index >= 15 is 0 Å². The first-order valence-electron chi connectivity index (χ1n) is 7.24. The fourth-order valence-corrected chi connectivity index (χ4v) is 5.54. The molecule has 112 valence electrons. The smallest absolute Gasteiger partial charge is 0.195 e. The summed E-state index contributed by atoms with van der Waals surface area (Å²) in [6, 6.07) is 0. The summed E-state index contributed by atoms with van der Waals surface area (Å²) in [5.41, 5.74) is 0. The maximum Gasteiger partial charge on any atom is 0.282 e. The van der Waals surface area contributed by atoms with Crippen molar-refractivity contribution in [1.82, 2.24) is 8.61 Å². The van der Waals surface area contributed by atoms with Gasteiger partial charge in [-0.3, -0.25) is 0 Å². The molecule has 0 aliphatic carbocycles. The molecule has 0 saturated carbocycles. The third-order valence-electron chi connectivity index (χ3n) is 4.19. The second-order valence-electron chi connectivity index (χ2n) is 6.29. The number of alkyl halides is 1. The van der Waals surface area contributed by atoms with E-state index in [1.807, 2.05) is 0 Å². The SMILES string of the molecule is CC1CC(C)CN(S(=O)(=O)N2CCCC(CCl)C2)C1. The Morgan fingerprint density at radius 2 is 1.74 bits per heavy atom. The molecule has 2 saturated heterocycles. The van der Waals surface area contributed by atoms with Crippen LogP contribution in [0.4, 0.5) is 0 Å². The van der Waals surface area contributed by atoms with Crippen molar-refractivity contribution < 1.29 is 8.42 Å². The Hall–Kier alpha value is 0.160. The van der Waals surface area contributed by atoms with Gasteiger partial charge in [-0.15, -0.1) is 11.6 Å². The summed E-state index contributed by atoms with van der Waals surface area (Å²) in [5.74, 6) is 1.77. The molecule has 2 heterocycles. The van der Waals surface area contributed by atoms with Gasteiger partial charge >= 0.3 is 0 Å². The van der Waals surface area contributed by atoms with Gasteiger partial charge in [0.2, 0.25) is 0 Å². The Morgan fingerprint density at radius 1 is 1.11 bits per heavy atom. The molecule has 19 heavy (non-hydrogen) atoms. The molecule has 3 unspecified atom stereocenters. The maximum absolute atomic E-state index is 12.7. The van der Waals surface area contributed by atoms with Crippen molar-refractivity contribution in [1.29, 1.82) is 0 Å². The average Bonchev–Trinajstić information content (AvgIpc) is 2.37. The van der Waals surface area contributed by atoms with E-state index in [4.69, 9.17) is 11.6 Å². The molecule has 0 radical (unpaired) electrons. The Labute approximate surface area is 122 Å². The molecule has 0 N–H and O–H groups in total. The van der Waals surface area contributed by atoms with E-state index < -0.39 is 10.2 Å². The lowest BCUT2D eigenvalue weighted by Crippen LogP contribution is -2.52. The minimum absolute atomic E-state index is 0.310. The molecule has 2 fully saturated rings. The highest BCUT2D eigenvalue weighted by atomic mass is 35.5. The molecule has 6 heteroatoms. The van der Waals surface area contributed by atoms with Gasteiger partial charge in [-0.1, -0.05) is 13.8 Å². The van der Waals surface area contributed by atoms with Gasteiger partial charge in [-0.2, -0.15) is 17.0 Å². The number of nitrogens with zero attached hydrogens (tertiary/aromatic N) is 2. The maximum atomic E-state index is 12.7. The summed E-state index contributed by atoms with van der Waals surface area (Å²) in [7, 11) is -3.29. The standard InChI is InChI=1S/C13H25ClN2O2S/c1-11-6-12(2)9-16(8-11)19(17,18)15-5-3-4-13(7-14)10-15/h11-13H,3-10H2,1-2H3. The number of halogens is 1. The van der Waals surface area contributed by atoms with E-state index in [2.05, 4.69) is 13.8 Å². The first-order chi connectivity index (χ1) is 8.93. The molecular formula is C13H25ClN2O2S. The van der Waals surface area contributed by atoms with Crippen molar-refractivity contribution in [2.45, 2.75) is 33.1 Å². The number of hydrogen-bond donors (Lipinski definition) is 0. The third kappa shape index (κ3) is 3.63. The van der Waals surface area contributed by atoms with Crippen LogP contribution in [0.2, 0.25) is 0 Å². The lowest BCUT2D eigenvalue weighted by Gasteiger charge is -2.39. The van der Waals surface area contributed by atoms with Crippen molar-refractivity contribution >= 4 is 21.8 Å². The summed E-state index contributed by atoms with van der Waals surface area (Å²) < 4.78 is 28.7. The van der Waals surface area contributed by atoms with Crippen molar-refractivity contribution in [3.63, 3.8) is 0 Å². The van der Waals surface area contributed by atoms with Gasteiger partial charge in [0.25, 0.3) is 10.2 Å². The topological polar surface area (TPSA) is 40.6 Å². The zero-order chi connectivity index (χ0) is 14.0. The highest BCUT2D eigenvalue weighted by molar-refractivity contribution is 7.86. The van der Waals surface area contributed by atoms with Crippen molar-refractivity contribution in [3.05, 3.63) is 0 Å². The molecule has 2 aliphatic rings. The zero-order valence-corrected chi connectivity index (χ0v) is 13.5. The summed E-state index contributed by atoms with van der Waals surface area (Å²) in [6.07, 6.45) is 3.09. The molecule has 3 atom stereocenters. The van der Waals surface area contributed by atoms with Crippen molar-refractivity contribution in [3.8, 4) is 0 Å². The van der Waals surface area contributed by atoms with E-state index in [0.717, 1.165) is 19.3 Å². The van der Waals surface area contributed by atoms with E-state index in [9.17, 15) is 8.42 Å². The fraction of sp³-hybridized carbons (Fsp3) is 1.00. The minimum atomic E-state index is -3.29. The largest absolute Gasteiger partial charge is 0.282 e. The second-order valence-corrected chi connectivity index (χ2v) is 8.53. The van der Waals surface area contributed by atoms with Gasteiger partial charge in [-0.25, -0.2) is 0 Å². The van der Waals surface area contributed by atoms with Crippen LogP contribution in [-0.2, 0) is 10.2 Å². The molecule has 2 rings (SSSR count). The van der Waals surface area contributed by atoms with Crippen LogP contribution in [0.5, 0.6) is 0 Å². The molecular weight excluding hydrogens is 284 g/mol. The van der Waals surface area contributed by atoms with Crippen LogP contribution < -0.4 is 0 Å². The Bertz CT molecular complexity index is 391. The monoisotopic (exact) mass is 308 g/mol. The number of hydrogen-bond acceptors (Lipinski definition) is 2. The van der Waals surface area contributed by atoms with Gasteiger partial charge in [0.15, 0.2) is 0 Å². The van der Waals surface area contributed by atoms with Crippen LogP contribution in [0.3, 0.4) is 0 Å². The lowest BCUT2D eigenvalue weighted by atomic mass is 9.94. The number of rotatable bonds is 3. The van der Waals surface area contributed by atoms with Gasteiger partial charge < -0.3 is 0 Å². The first kappa shape index (κ1) is 15.5. The van der Waals surface area contributed by atoms with Crippen LogP contribution in [-0.4, -0.2) is 49.1 Å². The quantitative estimate of drug-likeness (QED) is 0.750. The van der Waals surface area contributed by atoms with Gasteiger partial charge in [0, 0.05) is 32.1 Å². The van der Waals surface area contributed by atoms with Gasteiger partial charge in [-0.05, 0) is 37.0 Å². The lowest BCUT2D eigenvalue weighted by molar-refractivity contribution is 0.196. The molecule has 0 aromatic rings. The van der Waals surface area contributed by atoms with Crippen molar-refractivity contribution in [2.75, 3.05) is 32.1 Å².